The lowest BCUT2D eigenvalue weighted by Crippen LogP contribution is -2.46. The molecule has 1 aliphatic carbocycles. The van der Waals surface area contributed by atoms with E-state index in [1.807, 2.05) is 24.3 Å². The molecule has 1 N–H and O–H groups in total. The van der Waals surface area contributed by atoms with E-state index in [0.717, 1.165) is 43.4 Å². The number of ether oxygens (including phenoxy) is 2. The van der Waals surface area contributed by atoms with Gasteiger partial charge in [0.1, 0.15) is 17.1 Å². The molecule has 0 aromatic heterocycles. The van der Waals surface area contributed by atoms with Crippen LogP contribution in [0.15, 0.2) is 48.5 Å². The van der Waals surface area contributed by atoms with Crippen molar-refractivity contribution in [2.75, 3.05) is 24.2 Å². The predicted octanol–water partition coefficient (Wildman–Crippen LogP) is 4.58. The molecule has 0 unspecified atom stereocenters. The number of methoxy groups -OCH3 is 1. The fourth-order valence-corrected chi connectivity index (χ4v) is 6.17. The van der Waals surface area contributed by atoms with Crippen molar-refractivity contribution in [3.05, 3.63) is 54.1 Å². The van der Waals surface area contributed by atoms with Gasteiger partial charge in [0.15, 0.2) is 0 Å². The quantitative estimate of drug-likeness (QED) is 0.590. The molecule has 4 rings (SSSR count). The second kappa shape index (κ2) is 10.3. The number of fused-ring (bicyclic) bond motifs is 1. The number of nitrogens with one attached hydrogen (secondary N) is 1. The summed E-state index contributed by atoms with van der Waals surface area (Å²) in [4.78, 5) is 12.9. The van der Waals surface area contributed by atoms with Gasteiger partial charge in [0.05, 0.1) is 25.1 Å². The van der Waals surface area contributed by atoms with Crippen LogP contribution in [0.25, 0.3) is 0 Å². The highest BCUT2D eigenvalue weighted by molar-refractivity contribution is 7.92. The van der Waals surface area contributed by atoms with E-state index < -0.39 is 10.0 Å². The van der Waals surface area contributed by atoms with Crippen molar-refractivity contribution in [1.82, 2.24) is 5.32 Å². The maximum Gasteiger partial charge on any atom is 0.232 e. The molecule has 1 fully saturated rings. The van der Waals surface area contributed by atoms with Gasteiger partial charge in [-0.3, -0.25) is 9.10 Å². The number of para-hydroxylation sites is 3. The van der Waals surface area contributed by atoms with Gasteiger partial charge in [-0.1, -0.05) is 36.8 Å². The molecular formula is C26H34N2O5S. The molecule has 1 spiro atoms. The number of rotatable bonds is 8. The second-order valence-electron chi connectivity index (χ2n) is 9.32. The molecule has 1 atom stereocenters. The molecule has 8 heteroatoms. The van der Waals surface area contributed by atoms with Gasteiger partial charge in [-0.25, -0.2) is 8.42 Å². The summed E-state index contributed by atoms with van der Waals surface area (Å²) in [5.41, 5.74) is 1.28. The van der Waals surface area contributed by atoms with Crippen LogP contribution < -0.4 is 19.1 Å². The Morgan fingerprint density at radius 1 is 1.12 bits per heavy atom. The van der Waals surface area contributed by atoms with E-state index in [0.29, 0.717) is 17.9 Å². The Morgan fingerprint density at radius 3 is 2.56 bits per heavy atom. The number of carbonyl (C=O) groups excluding carboxylic acids is 1. The number of carbonyl (C=O) groups is 1. The van der Waals surface area contributed by atoms with Gasteiger partial charge in [0.25, 0.3) is 0 Å². The summed E-state index contributed by atoms with van der Waals surface area (Å²) in [7, 11) is -2.02. The summed E-state index contributed by atoms with van der Waals surface area (Å²) < 4.78 is 38.0. The first-order valence-corrected chi connectivity index (χ1v) is 13.8. The summed E-state index contributed by atoms with van der Waals surface area (Å²) >= 11 is 0. The van der Waals surface area contributed by atoms with E-state index in [4.69, 9.17) is 9.47 Å². The second-order valence-corrected chi connectivity index (χ2v) is 11.2. The lowest BCUT2D eigenvalue weighted by atomic mass is 9.77. The van der Waals surface area contributed by atoms with Crippen LogP contribution in [-0.2, 0) is 14.8 Å². The highest BCUT2D eigenvalue weighted by Gasteiger charge is 2.42. The van der Waals surface area contributed by atoms with Crippen LogP contribution in [-0.4, -0.2) is 39.8 Å². The van der Waals surface area contributed by atoms with Crippen molar-refractivity contribution in [2.24, 2.45) is 0 Å². The van der Waals surface area contributed by atoms with Crippen molar-refractivity contribution in [1.29, 1.82) is 0 Å². The van der Waals surface area contributed by atoms with Crippen molar-refractivity contribution >= 4 is 21.6 Å². The van der Waals surface area contributed by atoms with Gasteiger partial charge in [-0.2, -0.15) is 0 Å². The monoisotopic (exact) mass is 486 g/mol. The SMILES string of the molecule is COc1ccccc1N(CCCC(=O)N[C@H]1CC2(CCCCC2)Oc2ccccc21)S(C)(=O)=O. The number of anilines is 1. The van der Waals surface area contributed by atoms with Crippen molar-refractivity contribution in [3.63, 3.8) is 0 Å². The molecule has 34 heavy (non-hydrogen) atoms. The summed E-state index contributed by atoms with van der Waals surface area (Å²) in [6.07, 6.45) is 8.11. The molecule has 1 amide bonds. The largest absolute Gasteiger partial charge is 0.495 e. The first-order valence-electron chi connectivity index (χ1n) is 12.0. The molecule has 0 saturated heterocycles. The van der Waals surface area contributed by atoms with E-state index in [1.165, 1.54) is 24.1 Å². The third kappa shape index (κ3) is 5.49. The highest BCUT2D eigenvalue weighted by Crippen LogP contribution is 2.46. The maximum absolute atomic E-state index is 12.9. The maximum atomic E-state index is 12.9. The summed E-state index contributed by atoms with van der Waals surface area (Å²) in [5, 5.41) is 3.21. The molecule has 184 valence electrons. The van der Waals surface area contributed by atoms with E-state index in [9.17, 15) is 13.2 Å². The molecule has 1 aliphatic heterocycles. The Labute approximate surface area is 202 Å². The van der Waals surface area contributed by atoms with Crippen LogP contribution in [0.4, 0.5) is 5.69 Å². The minimum absolute atomic E-state index is 0.0823. The molecule has 7 nitrogen and oxygen atoms in total. The zero-order chi connectivity index (χ0) is 24.2. The van der Waals surface area contributed by atoms with Crippen molar-refractivity contribution in [3.8, 4) is 11.5 Å². The van der Waals surface area contributed by atoms with Crippen LogP contribution >= 0.6 is 0 Å². The van der Waals surface area contributed by atoms with E-state index in [-0.39, 0.29) is 30.5 Å². The van der Waals surface area contributed by atoms with E-state index in [1.54, 1.807) is 24.3 Å². The summed E-state index contributed by atoms with van der Waals surface area (Å²) in [5.74, 6) is 1.26. The lowest BCUT2D eigenvalue weighted by Gasteiger charge is -2.44. The third-order valence-electron chi connectivity index (χ3n) is 6.82. The fraction of sp³-hybridized carbons (Fsp3) is 0.500. The first kappa shape index (κ1) is 24.4. The number of amides is 1. The van der Waals surface area contributed by atoms with E-state index >= 15 is 0 Å². The van der Waals surface area contributed by atoms with Crippen LogP contribution in [0.2, 0.25) is 0 Å². The standard InChI is InChI=1S/C26H34N2O5S/c1-32-24-14-7-5-12-22(24)28(34(2,30)31)18-10-15-25(29)27-21-19-26(16-8-3-9-17-26)33-23-13-6-4-11-20(21)23/h4-7,11-14,21H,3,8-10,15-19H2,1-2H3,(H,27,29)/t21-/m0/s1. The van der Waals surface area contributed by atoms with Crippen LogP contribution in [0.5, 0.6) is 11.5 Å². The number of hydrogen-bond acceptors (Lipinski definition) is 5. The van der Waals surface area contributed by atoms with E-state index in [2.05, 4.69) is 5.32 Å². The average Bonchev–Trinajstić information content (AvgIpc) is 2.81. The Kier molecular flexibility index (Phi) is 7.36. The molecule has 0 radical (unpaired) electrons. The van der Waals surface area contributed by atoms with Crippen LogP contribution in [0.1, 0.15) is 63.0 Å². The zero-order valence-electron chi connectivity index (χ0n) is 20.0. The van der Waals surface area contributed by atoms with Crippen molar-refractivity contribution in [2.45, 2.75) is 63.0 Å². The van der Waals surface area contributed by atoms with Gasteiger partial charge >= 0.3 is 0 Å². The molecule has 2 aromatic rings. The highest BCUT2D eigenvalue weighted by atomic mass is 32.2. The average molecular weight is 487 g/mol. The Morgan fingerprint density at radius 2 is 1.82 bits per heavy atom. The predicted molar refractivity (Wildman–Crippen MR) is 133 cm³/mol. The summed E-state index contributed by atoms with van der Waals surface area (Å²) in [6.45, 7) is 0.195. The smallest absolute Gasteiger partial charge is 0.232 e. The van der Waals surface area contributed by atoms with Gasteiger partial charge in [-0.05, 0) is 50.3 Å². The zero-order valence-corrected chi connectivity index (χ0v) is 20.8. The normalized spacial score (nSPS) is 19.1. The Hall–Kier alpha value is -2.74. The van der Waals surface area contributed by atoms with Crippen LogP contribution in [0.3, 0.4) is 0 Å². The number of hydrogen-bond donors (Lipinski definition) is 1. The molecule has 0 bridgehead atoms. The number of benzene rings is 2. The van der Waals surface area contributed by atoms with Crippen LogP contribution in [0, 0.1) is 0 Å². The van der Waals surface area contributed by atoms with Gasteiger partial charge in [0.2, 0.25) is 15.9 Å². The first-order chi connectivity index (χ1) is 16.3. The molecule has 2 aliphatic rings. The molecule has 2 aromatic carbocycles. The fourth-order valence-electron chi connectivity index (χ4n) is 5.20. The van der Waals surface area contributed by atoms with Gasteiger partial charge < -0.3 is 14.8 Å². The van der Waals surface area contributed by atoms with Gasteiger partial charge in [-0.15, -0.1) is 0 Å². The third-order valence-corrected chi connectivity index (χ3v) is 8.00. The lowest BCUT2D eigenvalue weighted by molar-refractivity contribution is -0.122. The Bertz CT molecular complexity index is 1110. The van der Waals surface area contributed by atoms with Gasteiger partial charge in [0, 0.05) is 24.9 Å². The minimum Gasteiger partial charge on any atom is -0.495 e. The Balaban J connectivity index is 1.42. The minimum atomic E-state index is -3.53. The summed E-state index contributed by atoms with van der Waals surface area (Å²) in [6, 6.07) is 14.8. The molecular weight excluding hydrogens is 452 g/mol. The molecule has 1 saturated carbocycles. The number of sulfonamides is 1. The number of nitrogens with zero attached hydrogens (tertiary/aromatic N) is 1. The topological polar surface area (TPSA) is 84.9 Å². The molecule has 1 heterocycles. The van der Waals surface area contributed by atoms with Crippen molar-refractivity contribution < 1.29 is 22.7 Å².